The molecule has 0 saturated heterocycles. The number of benzene rings is 2. The van der Waals surface area contributed by atoms with E-state index in [0.717, 1.165) is 23.8 Å². The van der Waals surface area contributed by atoms with Crippen molar-refractivity contribution < 1.29 is 27.9 Å². The number of amides is 2. The second kappa shape index (κ2) is 10.7. The van der Waals surface area contributed by atoms with Crippen molar-refractivity contribution in [1.82, 2.24) is 10.6 Å². The van der Waals surface area contributed by atoms with Crippen LogP contribution in [0.2, 0.25) is 0 Å². The molecule has 0 aliphatic heterocycles. The molecule has 0 fully saturated rings. The van der Waals surface area contributed by atoms with Crippen molar-refractivity contribution in [3.63, 3.8) is 0 Å². The topological polar surface area (TPSA) is 84.5 Å². The molecule has 0 radical (unpaired) electrons. The number of halogens is 2. The highest BCUT2D eigenvalue weighted by Crippen LogP contribution is 2.15. The van der Waals surface area contributed by atoms with Crippen LogP contribution in [0.3, 0.4) is 0 Å². The van der Waals surface area contributed by atoms with Gasteiger partial charge < -0.3 is 15.4 Å². The van der Waals surface area contributed by atoms with E-state index in [2.05, 4.69) is 10.6 Å². The van der Waals surface area contributed by atoms with Crippen molar-refractivity contribution in [2.75, 3.05) is 0 Å². The van der Waals surface area contributed by atoms with Gasteiger partial charge in [0.25, 0.3) is 11.8 Å². The Morgan fingerprint density at radius 2 is 1.42 bits per heavy atom. The minimum Gasteiger partial charge on any atom is -0.451 e. The van der Waals surface area contributed by atoms with Crippen LogP contribution in [-0.4, -0.2) is 29.9 Å². The van der Waals surface area contributed by atoms with Crippen LogP contribution in [0, 0.1) is 17.6 Å². The molecule has 2 N–H and O–H groups in total. The van der Waals surface area contributed by atoms with Crippen LogP contribution in [0.1, 0.15) is 49.7 Å². The van der Waals surface area contributed by atoms with Gasteiger partial charge in [-0.15, -0.1) is 0 Å². The third-order valence-electron chi connectivity index (χ3n) is 4.72. The lowest BCUT2D eigenvalue weighted by Crippen LogP contribution is -2.48. The number of carbonyl (C=O) groups excluding carboxylic acids is 3. The highest BCUT2D eigenvalue weighted by atomic mass is 19.1. The third-order valence-corrected chi connectivity index (χ3v) is 4.72. The molecule has 6 nitrogen and oxygen atoms in total. The highest BCUT2D eigenvalue weighted by molar-refractivity contribution is 5.97. The predicted molar refractivity (Wildman–Crippen MR) is 111 cm³/mol. The third kappa shape index (κ3) is 6.34. The molecule has 31 heavy (non-hydrogen) atoms. The minimum absolute atomic E-state index is 0.306. The largest absolute Gasteiger partial charge is 0.451 e. The Bertz CT molecular complexity index is 914. The van der Waals surface area contributed by atoms with E-state index in [0.29, 0.717) is 0 Å². The maximum absolute atomic E-state index is 13.9. The van der Waals surface area contributed by atoms with E-state index >= 15 is 0 Å². The van der Waals surface area contributed by atoms with Gasteiger partial charge in [-0.25, -0.2) is 13.6 Å². The maximum Gasteiger partial charge on any atom is 0.329 e. The van der Waals surface area contributed by atoms with E-state index in [1.54, 1.807) is 20.8 Å². The molecule has 2 aromatic carbocycles. The van der Waals surface area contributed by atoms with Gasteiger partial charge >= 0.3 is 5.97 Å². The van der Waals surface area contributed by atoms with Crippen molar-refractivity contribution in [2.45, 2.75) is 45.9 Å². The first-order valence-corrected chi connectivity index (χ1v) is 9.92. The Balaban J connectivity index is 2.03. The lowest BCUT2D eigenvalue weighted by molar-refractivity contribution is -0.157. The summed E-state index contributed by atoms with van der Waals surface area (Å²) in [5, 5.41) is 5.05. The van der Waals surface area contributed by atoms with Gasteiger partial charge in [0.2, 0.25) is 0 Å². The number of nitrogens with one attached hydrogen (secondary N) is 2. The van der Waals surface area contributed by atoms with Crippen molar-refractivity contribution >= 4 is 17.8 Å². The number of ether oxygens (including phenoxy) is 1. The summed E-state index contributed by atoms with van der Waals surface area (Å²) in [6.45, 7) is 6.46. The summed E-state index contributed by atoms with van der Waals surface area (Å²) in [7, 11) is 0. The molecule has 0 bridgehead atoms. The van der Waals surface area contributed by atoms with E-state index in [-0.39, 0.29) is 6.04 Å². The van der Waals surface area contributed by atoms with Crippen molar-refractivity contribution in [2.24, 2.45) is 5.92 Å². The van der Waals surface area contributed by atoms with E-state index in [1.165, 1.54) is 6.92 Å². The van der Waals surface area contributed by atoms with Crippen LogP contribution >= 0.6 is 0 Å². The summed E-state index contributed by atoms with van der Waals surface area (Å²) in [6, 6.07) is 10.8. The Kier molecular flexibility index (Phi) is 8.24. The van der Waals surface area contributed by atoms with E-state index in [1.807, 2.05) is 30.3 Å². The zero-order valence-corrected chi connectivity index (χ0v) is 17.8. The van der Waals surface area contributed by atoms with Crippen LogP contribution < -0.4 is 10.6 Å². The standard InChI is InChI=1S/C23H26F2N2O4/c1-13(2)20(27-22(29)19-17(24)11-8-12-18(19)25)23(30)31-15(4)21(28)26-14(3)16-9-6-5-7-10-16/h5-15,20H,1-4H3,(H,26,28)(H,27,29). The molecule has 2 amide bonds. The van der Waals surface area contributed by atoms with Gasteiger partial charge in [-0.3, -0.25) is 9.59 Å². The van der Waals surface area contributed by atoms with Crippen LogP contribution in [0.15, 0.2) is 48.5 Å². The molecule has 0 aliphatic rings. The number of hydrogen-bond acceptors (Lipinski definition) is 4. The Labute approximate surface area is 180 Å². The lowest BCUT2D eigenvalue weighted by atomic mass is 10.0. The minimum atomic E-state index is -1.20. The fourth-order valence-electron chi connectivity index (χ4n) is 2.88. The van der Waals surface area contributed by atoms with E-state index in [4.69, 9.17) is 4.74 Å². The van der Waals surface area contributed by atoms with Crippen molar-refractivity contribution in [3.8, 4) is 0 Å². The van der Waals surface area contributed by atoms with Crippen LogP contribution in [-0.2, 0) is 14.3 Å². The number of hydrogen-bond donors (Lipinski definition) is 2. The second-order valence-electron chi connectivity index (χ2n) is 7.51. The van der Waals surface area contributed by atoms with Crippen molar-refractivity contribution in [1.29, 1.82) is 0 Å². The van der Waals surface area contributed by atoms with Gasteiger partial charge in [0.05, 0.1) is 6.04 Å². The normalized spacial score (nSPS) is 13.8. The Hall–Kier alpha value is -3.29. The monoisotopic (exact) mass is 432 g/mol. The molecule has 2 aromatic rings. The lowest BCUT2D eigenvalue weighted by Gasteiger charge is -2.24. The number of carbonyl (C=O) groups is 3. The van der Waals surface area contributed by atoms with Gasteiger partial charge in [0.15, 0.2) is 6.10 Å². The van der Waals surface area contributed by atoms with Gasteiger partial charge in [-0.1, -0.05) is 50.2 Å². The first-order chi connectivity index (χ1) is 14.6. The smallest absolute Gasteiger partial charge is 0.329 e. The average molecular weight is 432 g/mol. The first kappa shape index (κ1) is 24.0. The quantitative estimate of drug-likeness (QED) is 0.625. The van der Waals surface area contributed by atoms with Gasteiger partial charge in [0, 0.05) is 0 Å². The molecule has 0 spiro atoms. The molecule has 0 heterocycles. The number of esters is 1. The van der Waals surface area contributed by atoms with Gasteiger partial charge in [-0.2, -0.15) is 0 Å². The summed E-state index contributed by atoms with van der Waals surface area (Å²) in [5.74, 6) is -5.02. The summed E-state index contributed by atoms with van der Waals surface area (Å²) < 4.78 is 32.9. The summed E-state index contributed by atoms with van der Waals surface area (Å²) in [6.07, 6.45) is -1.14. The Morgan fingerprint density at radius 3 is 1.97 bits per heavy atom. The molecule has 3 atom stereocenters. The van der Waals surface area contributed by atoms with Crippen LogP contribution in [0.5, 0.6) is 0 Å². The zero-order valence-electron chi connectivity index (χ0n) is 17.8. The molecule has 2 rings (SSSR count). The highest BCUT2D eigenvalue weighted by Gasteiger charge is 2.31. The Morgan fingerprint density at radius 1 is 0.839 bits per heavy atom. The van der Waals surface area contributed by atoms with E-state index in [9.17, 15) is 23.2 Å². The van der Waals surface area contributed by atoms with Crippen molar-refractivity contribution in [3.05, 3.63) is 71.3 Å². The van der Waals surface area contributed by atoms with Crippen LogP contribution in [0.25, 0.3) is 0 Å². The molecule has 8 heteroatoms. The molecule has 0 saturated carbocycles. The molecular weight excluding hydrogens is 406 g/mol. The molecular formula is C23H26F2N2O4. The van der Waals surface area contributed by atoms with Crippen LogP contribution in [0.4, 0.5) is 8.78 Å². The SMILES string of the molecule is CC(OC(=O)C(NC(=O)c1c(F)cccc1F)C(C)C)C(=O)NC(C)c1ccccc1. The summed E-state index contributed by atoms with van der Waals surface area (Å²) in [4.78, 5) is 37.3. The molecule has 0 aliphatic carbocycles. The second-order valence-corrected chi connectivity index (χ2v) is 7.51. The molecule has 0 aromatic heterocycles. The fourth-order valence-corrected chi connectivity index (χ4v) is 2.88. The molecule has 166 valence electrons. The summed E-state index contributed by atoms with van der Waals surface area (Å²) >= 11 is 0. The van der Waals surface area contributed by atoms with Gasteiger partial charge in [0.1, 0.15) is 23.2 Å². The van der Waals surface area contributed by atoms with Gasteiger partial charge in [-0.05, 0) is 37.5 Å². The fraction of sp³-hybridized carbons (Fsp3) is 0.348. The average Bonchev–Trinajstić information content (AvgIpc) is 2.72. The number of rotatable bonds is 8. The summed E-state index contributed by atoms with van der Waals surface area (Å²) in [5.41, 5.74) is 0.0945. The maximum atomic E-state index is 13.9. The molecule has 3 unspecified atom stereocenters. The zero-order chi connectivity index (χ0) is 23.1. The van der Waals surface area contributed by atoms with E-state index < -0.39 is 53.0 Å². The predicted octanol–water partition coefficient (Wildman–Crippen LogP) is 3.53. The first-order valence-electron chi connectivity index (χ1n) is 9.92.